The Morgan fingerprint density at radius 2 is 1.75 bits per heavy atom. The normalized spacial score (nSPS) is 11.5. The number of carboxylic acids is 1. The zero-order valence-electron chi connectivity index (χ0n) is 13.6. The molecule has 0 bridgehead atoms. The van der Waals surface area contributed by atoms with Crippen molar-refractivity contribution in [1.29, 1.82) is 0 Å². The zero-order valence-corrected chi connectivity index (χ0v) is 16.0. The highest BCUT2D eigenvalue weighted by atomic mass is 35.5. The maximum absolute atomic E-state index is 12.1. The number of thiophene rings is 1. The predicted octanol–water partition coefficient (Wildman–Crippen LogP) is 0.675. The summed E-state index contributed by atoms with van der Waals surface area (Å²) < 4.78 is 26.7. The lowest BCUT2D eigenvalue weighted by molar-refractivity contribution is 0.0697. The molecule has 3 rings (SSSR count). The van der Waals surface area contributed by atoms with Crippen LogP contribution in [0.25, 0.3) is 5.00 Å². The van der Waals surface area contributed by atoms with Gasteiger partial charge >= 0.3 is 23.1 Å². The largest absolute Gasteiger partial charge is 0.478 e. The fraction of sp³-hybridized carbons (Fsp3) is 0.0667. The topological polar surface area (TPSA) is 152 Å². The number of benzene rings is 1. The standard InChI is InChI=1S/C15H10ClN3O7S2/c16-7-1-3-9(4-2-7)28(25,26)18-15(24)17-6-8-5-10(14(22)23)13(27-8)19-11(20)12(19)21/h1-5H,6H2,(H,22,23)(H2,17,18,24). The first-order chi connectivity index (χ1) is 13.1. The molecular formula is C15H10ClN3O7S2. The molecule has 2 heterocycles. The Bertz CT molecular complexity index is 1230. The van der Waals surface area contributed by atoms with E-state index in [1.165, 1.54) is 30.3 Å². The average Bonchev–Trinajstić information content (AvgIpc) is 3.03. The maximum Gasteiger partial charge on any atom is 0.338 e. The van der Waals surface area contributed by atoms with Crippen molar-refractivity contribution in [3.8, 4) is 5.00 Å². The van der Waals surface area contributed by atoms with Crippen molar-refractivity contribution in [1.82, 2.24) is 14.6 Å². The molecule has 13 heteroatoms. The van der Waals surface area contributed by atoms with Gasteiger partial charge in [-0.3, -0.25) is 9.59 Å². The third-order valence-corrected chi connectivity index (χ3v) is 6.23. The summed E-state index contributed by atoms with van der Waals surface area (Å²) in [5.74, 6) is -1.35. The fourth-order valence-corrected chi connectivity index (χ4v) is 4.29. The number of carbonyl (C=O) groups excluding carboxylic acids is 1. The molecule has 10 nitrogen and oxygen atoms in total. The lowest BCUT2D eigenvalue weighted by Gasteiger charge is -2.08. The first-order valence-electron chi connectivity index (χ1n) is 7.41. The minimum atomic E-state index is -4.12. The van der Waals surface area contributed by atoms with E-state index in [-0.39, 0.29) is 22.0 Å². The third-order valence-electron chi connectivity index (χ3n) is 3.51. The van der Waals surface area contributed by atoms with Crippen LogP contribution in [0.3, 0.4) is 0 Å². The summed E-state index contributed by atoms with van der Waals surface area (Å²) in [6.45, 7) is -0.219. The van der Waals surface area contributed by atoms with E-state index in [9.17, 15) is 32.7 Å². The molecule has 0 aliphatic heterocycles. The molecule has 2 aromatic heterocycles. The lowest BCUT2D eigenvalue weighted by Crippen LogP contribution is -2.38. The van der Waals surface area contributed by atoms with Gasteiger partial charge in [-0.25, -0.2) is 27.3 Å². The number of nitrogens with one attached hydrogen (secondary N) is 2. The summed E-state index contributed by atoms with van der Waals surface area (Å²) in [7, 11) is -4.12. The molecule has 2 amide bonds. The average molecular weight is 444 g/mol. The molecular weight excluding hydrogens is 434 g/mol. The van der Waals surface area contributed by atoms with E-state index in [1.807, 2.05) is 0 Å². The summed E-state index contributed by atoms with van der Waals surface area (Å²) in [5.41, 5.74) is -1.92. The Labute approximate surface area is 165 Å². The van der Waals surface area contributed by atoms with Crippen LogP contribution in [0.5, 0.6) is 0 Å². The highest BCUT2D eigenvalue weighted by molar-refractivity contribution is 7.90. The van der Waals surface area contributed by atoms with Gasteiger partial charge < -0.3 is 10.4 Å². The van der Waals surface area contributed by atoms with E-state index in [0.717, 1.165) is 11.3 Å². The maximum atomic E-state index is 12.1. The Balaban J connectivity index is 1.70. The van der Waals surface area contributed by atoms with Gasteiger partial charge in [0.25, 0.3) is 10.0 Å². The molecule has 0 atom stereocenters. The number of hydrogen-bond donors (Lipinski definition) is 3. The van der Waals surface area contributed by atoms with Crippen molar-refractivity contribution in [2.45, 2.75) is 11.4 Å². The molecule has 0 radical (unpaired) electrons. The van der Waals surface area contributed by atoms with Gasteiger partial charge in [0.2, 0.25) is 0 Å². The van der Waals surface area contributed by atoms with Crippen molar-refractivity contribution in [2.75, 3.05) is 0 Å². The summed E-state index contributed by atoms with van der Waals surface area (Å²) in [5, 5.41) is 11.7. The number of urea groups is 1. The smallest absolute Gasteiger partial charge is 0.338 e. The van der Waals surface area contributed by atoms with Crippen molar-refractivity contribution >= 4 is 45.0 Å². The van der Waals surface area contributed by atoms with Crippen LogP contribution in [0.4, 0.5) is 4.79 Å². The van der Waals surface area contributed by atoms with Gasteiger partial charge in [-0.05, 0) is 30.3 Å². The zero-order chi connectivity index (χ0) is 20.6. The number of amides is 2. The number of halogens is 1. The molecule has 146 valence electrons. The van der Waals surface area contributed by atoms with Gasteiger partial charge in [0.05, 0.1) is 17.0 Å². The van der Waals surface area contributed by atoms with Crippen LogP contribution in [0.2, 0.25) is 5.02 Å². The number of nitrogens with zero attached hydrogens (tertiary/aromatic N) is 1. The van der Waals surface area contributed by atoms with Gasteiger partial charge in [-0.15, -0.1) is 11.3 Å². The summed E-state index contributed by atoms with van der Waals surface area (Å²) >= 11 is 6.51. The molecule has 3 N–H and O–H groups in total. The number of aromatic carboxylic acids is 1. The molecule has 0 saturated carbocycles. The second-order valence-electron chi connectivity index (χ2n) is 5.42. The van der Waals surface area contributed by atoms with Crippen LogP contribution in [0.1, 0.15) is 15.2 Å². The highest BCUT2D eigenvalue weighted by Gasteiger charge is 2.26. The summed E-state index contributed by atoms with van der Waals surface area (Å²) in [4.78, 5) is 45.7. The Morgan fingerprint density at radius 3 is 2.29 bits per heavy atom. The van der Waals surface area contributed by atoms with Crippen LogP contribution in [0, 0.1) is 0 Å². The highest BCUT2D eigenvalue weighted by Crippen LogP contribution is 2.25. The first-order valence-corrected chi connectivity index (χ1v) is 10.1. The SMILES string of the molecule is O=C(NCc1cc(C(=O)O)c(-n2c(=O)c2=O)s1)NS(=O)(=O)c1ccc(Cl)cc1. The third kappa shape index (κ3) is 3.98. The molecule has 0 unspecified atom stereocenters. The van der Waals surface area contributed by atoms with Gasteiger partial charge in [0, 0.05) is 9.90 Å². The van der Waals surface area contributed by atoms with Crippen molar-refractivity contribution in [2.24, 2.45) is 0 Å². The number of carboxylic acid groups (broad SMARTS) is 1. The Hall–Kier alpha value is -2.96. The second-order valence-corrected chi connectivity index (χ2v) is 8.66. The minimum absolute atomic E-state index is 0.0616. The van der Waals surface area contributed by atoms with E-state index in [4.69, 9.17) is 11.6 Å². The quantitative estimate of drug-likeness (QED) is 0.473. The Morgan fingerprint density at radius 1 is 1.14 bits per heavy atom. The Kier molecular flexibility index (Phi) is 5.10. The van der Waals surface area contributed by atoms with E-state index in [2.05, 4.69) is 5.32 Å². The molecule has 3 aromatic rings. The van der Waals surface area contributed by atoms with Crippen molar-refractivity contribution in [3.05, 3.63) is 66.5 Å². The van der Waals surface area contributed by atoms with Crippen LogP contribution < -0.4 is 21.2 Å². The van der Waals surface area contributed by atoms with Crippen LogP contribution in [-0.2, 0) is 16.6 Å². The van der Waals surface area contributed by atoms with Gasteiger partial charge in [-0.2, -0.15) is 0 Å². The number of sulfonamides is 1. The number of hydrogen-bond acceptors (Lipinski definition) is 7. The number of aromatic nitrogens is 1. The van der Waals surface area contributed by atoms with Gasteiger partial charge in [0.1, 0.15) is 5.00 Å². The molecule has 28 heavy (non-hydrogen) atoms. The molecule has 0 aliphatic carbocycles. The fourth-order valence-electron chi connectivity index (χ4n) is 2.16. The lowest BCUT2D eigenvalue weighted by atomic mass is 10.3. The molecule has 1 aromatic carbocycles. The second kappa shape index (κ2) is 7.22. The summed E-state index contributed by atoms with van der Waals surface area (Å²) in [6.07, 6.45) is 0. The molecule has 0 fully saturated rings. The van der Waals surface area contributed by atoms with Gasteiger partial charge in [-0.1, -0.05) is 11.6 Å². The monoisotopic (exact) mass is 443 g/mol. The number of carbonyl (C=O) groups is 2. The van der Waals surface area contributed by atoms with E-state index in [1.54, 1.807) is 4.72 Å². The van der Waals surface area contributed by atoms with Crippen molar-refractivity contribution in [3.63, 3.8) is 0 Å². The first kappa shape index (κ1) is 19.8. The van der Waals surface area contributed by atoms with E-state index < -0.39 is 33.1 Å². The van der Waals surface area contributed by atoms with Gasteiger partial charge in [0.15, 0.2) is 0 Å². The predicted molar refractivity (Wildman–Crippen MR) is 99.5 cm³/mol. The molecule has 0 saturated heterocycles. The van der Waals surface area contributed by atoms with E-state index >= 15 is 0 Å². The van der Waals surface area contributed by atoms with Crippen LogP contribution in [0.15, 0.2) is 44.8 Å². The van der Waals surface area contributed by atoms with Crippen LogP contribution >= 0.6 is 22.9 Å². The van der Waals surface area contributed by atoms with Crippen LogP contribution in [-0.4, -0.2) is 30.1 Å². The molecule has 0 aliphatic rings. The van der Waals surface area contributed by atoms with Crippen molar-refractivity contribution < 1.29 is 23.1 Å². The molecule has 0 spiro atoms. The minimum Gasteiger partial charge on any atom is -0.478 e. The summed E-state index contributed by atoms with van der Waals surface area (Å²) in [6, 6.07) is 5.30. The number of rotatable bonds is 6. The van der Waals surface area contributed by atoms with E-state index in [0.29, 0.717) is 14.5 Å².